The van der Waals surface area contributed by atoms with Crippen molar-refractivity contribution in [3.8, 4) is 11.4 Å². The second-order valence-corrected chi connectivity index (χ2v) is 11.8. The Labute approximate surface area is 204 Å². The summed E-state index contributed by atoms with van der Waals surface area (Å²) in [4.78, 5) is 14.7. The van der Waals surface area contributed by atoms with Gasteiger partial charge in [-0.05, 0) is 48.0 Å². The fourth-order valence-corrected chi connectivity index (χ4v) is 6.76. The average molecular weight is 518 g/mol. The fourth-order valence-electron chi connectivity index (χ4n) is 4.45. The number of hydrogen-bond acceptors (Lipinski definition) is 7. The molecule has 0 fully saturated rings. The minimum absolute atomic E-state index is 0.0305. The smallest absolute Gasteiger partial charge is 0.304 e. The number of aliphatic carboxylic acids is 1. The molecule has 1 aliphatic heterocycles. The Morgan fingerprint density at radius 1 is 1.26 bits per heavy atom. The highest BCUT2D eigenvalue weighted by Crippen LogP contribution is 2.49. The number of carboxylic acids is 1. The van der Waals surface area contributed by atoms with E-state index in [0.29, 0.717) is 40.3 Å². The van der Waals surface area contributed by atoms with Crippen LogP contribution in [0.3, 0.4) is 0 Å². The van der Waals surface area contributed by atoms with Crippen LogP contribution in [0.25, 0.3) is 22.3 Å². The number of benzene rings is 2. The molecular formula is C22H20ClN5O4S2. The number of aryl methyl sites for hydroxylation is 2. The van der Waals surface area contributed by atoms with Gasteiger partial charge in [-0.2, -0.15) is 4.80 Å². The van der Waals surface area contributed by atoms with Crippen LogP contribution >= 0.6 is 23.4 Å². The van der Waals surface area contributed by atoms with E-state index >= 15 is 0 Å². The Morgan fingerprint density at radius 3 is 2.62 bits per heavy atom. The highest BCUT2D eigenvalue weighted by molar-refractivity contribution is 7.99. The maximum Gasteiger partial charge on any atom is 0.304 e. The number of halogens is 1. The number of fused-ring (bicyclic) bond motifs is 3. The third-order valence-electron chi connectivity index (χ3n) is 5.83. The average Bonchev–Trinajstić information content (AvgIpc) is 3.45. The van der Waals surface area contributed by atoms with Gasteiger partial charge in [-0.1, -0.05) is 23.4 Å². The molecule has 3 heterocycles. The van der Waals surface area contributed by atoms with Crippen molar-refractivity contribution in [2.45, 2.75) is 40.0 Å². The van der Waals surface area contributed by atoms with Crippen LogP contribution in [0.15, 0.2) is 51.1 Å². The molecule has 0 spiro atoms. The van der Waals surface area contributed by atoms with Gasteiger partial charge in [-0.25, -0.2) is 8.42 Å². The fraction of sp³-hybridized carbons (Fsp3) is 0.273. The lowest BCUT2D eigenvalue weighted by molar-refractivity contribution is -0.137. The van der Waals surface area contributed by atoms with Gasteiger partial charge in [0.15, 0.2) is 9.84 Å². The largest absolute Gasteiger partial charge is 0.481 e. The number of tetrazole rings is 1. The molecule has 176 valence electrons. The molecule has 12 heteroatoms. The zero-order chi connectivity index (χ0) is 24.2. The van der Waals surface area contributed by atoms with E-state index in [1.165, 1.54) is 22.8 Å². The van der Waals surface area contributed by atoms with E-state index in [0.717, 1.165) is 15.5 Å². The van der Waals surface area contributed by atoms with Gasteiger partial charge in [0.25, 0.3) is 0 Å². The van der Waals surface area contributed by atoms with Crippen molar-refractivity contribution in [3.63, 3.8) is 0 Å². The second kappa shape index (κ2) is 8.40. The van der Waals surface area contributed by atoms with E-state index in [9.17, 15) is 18.3 Å². The van der Waals surface area contributed by atoms with Gasteiger partial charge in [0, 0.05) is 50.2 Å². The number of aromatic nitrogens is 5. The number of rotatable bonds is 6. The van der Waals surface area contributed by atoms with Crippen LogP contribution in [0.2, 0.25) is 5.02 Å². The van der Waals surface area contributed by atoms with Crippen LogP contribution in [0.1, 0.15) is 24.5 Å². The highest BCUT2D eigenvalue weighted by Gasteiger charge is 2.34. The summed E-state index contributed by atoms with van der Waals surface area (Å²) in [5.74, 6) is -0.805. The van der Waals surface area contributed by atoms with Gasteiger partial charge in [-0.15, -0.1) is 10.2 Å². The lowest BCUT2D eigenvalue weighted by atomic mass is 10.00. The molecule has 34 heavy (non-hydrogen) atoms. The Kier molecular flexibility index (Phi) is 5.65. The molecule has 1 aliphatic rings. The Hall–Kier alpha value is -2.89. The van der Waals surface area contributed by atoms with Crippen LogP contribution in [0, 0.1) is 0 Å². The first-order valence-corrected chi connectivity index (χ1v) is 13.5. The van der Waals surface area contributed by atoms with Crippen LogP contribution < -0.4 is 0 Å². The summed E-state index contributed by atoms with van der Waals surface area (Å²) in [6, 6.07) is 10.7. The van der Waals surface area contributed by atoms with Crippen molar-refractivity contribution in [2.75, 3.05) is 6.26 Å². The van der Waals surface area contributed by atoms with Crippen LogP contribution in [0.5, 0.6) is 0 Å². The van der Waals surface area contributed by atoms with Crippen molar-refractivity contribution < 1.29 is 18.3 Å². The van der Waals surface area contributed by atoms with Crippen LogP contribution in [-0.4, -0.2) is 50.5 Å². The first-order valence-electron chi connectivity index (χ1n) is 10.4. The summed E-state index contributed by atoms with van der Waals surface area (Å²) in [7, 11) is -2.01. The van der Waals surface area contributed by atoms with Gasteiger partial charge >= 0.3 is 5.97 Å². The summed E-state index contributed by atoms with van der Waals surface area (Å²) in [5.41, 5.74) is 2.09. The van der Waals surface area contributed by atoms with Crippen molar-refractivity contribution in [1.29, 1.82) is 0 Å². The molecule has 1 N–H and O–H groups in total. The molecule has 2 aromatic heterocycles. The van der Waals surface area contributed by atoms with E-state index in [4.69, 9.17) is 11.6 Å². The number of nitrogens with zero attached hydrogens (tertiary/aromatic N) is 5. The van der Waals surface area contributed by atoms with Gasteiger partial charge < -0.3 is 9.67 Å². The summed E-state index contributed by atoms with van der Waals surface area (Å²) in [6.07, 6.45) is 1.80. The zero-order valence-electron chi connectivity index (χ0n) is 18.3. The van der Waals surface area contributed by atoms with E-state index in [1.54, 1.807) is 25.2 Å². The SMILES string of the molecule is Cn1nnc(-c2cc(S(C)(=O)=O)c3c(Sc4ccc(Cl)cc4)c4n(c3c2)CCC4CC(=O)O)n1. The lowest BCUT2D eigenvalue weighted by Crippen LogP contribution is -2.04. The van der Waals surface area contributed by atoms with Gasteiger partial charge in [0.1, 0.15) is 0 Å². The number of carbonyl (C=O) groups is 1. The van der Waals surface area contributed by atoms with Crippen molar-refractivity contribution >= 4 is 50.1 Å². The molecule has 9 nitrogen and oxygen atoms in total. The molecule has 0 saturated heterocycles. The molecule has 0 radical (unpaired) electrons. The Bertz CT molecular complexity index is 1540. The van der Waals surface area contributed by atoms with E-state index in [2.05, 4.69) is 15.4 Å². The second-order valence-electron chi connectivity index (χ2n) is 8.25. The molecule has 0 amide bonds. The van der Waals surface area contributed by atoms with Gasteiger partial charge in [0.05, 0.1) is 23.9 Å². The van der Waals surface area contributed by atoms with Crippen molar-refractivity contribution in [1.82, 2.24) is 24.8 Å². The normalized spacial score (nSPS) is 15.7. The van der Waals surface area contributed by atoms with E-state index in [1.807, 2.05) is 22.8 Å². The predicted molar refractivity (Wildman–Crippen MR) is 128 cm³/mol. The number of hydrogen-bond donors (Lipinski definition) is 1. The van der Waals surface area contributed by atoms with Crippen LogP contribution in [-0.2, 0) is 28.2 Å². The first kappa shape index (κ1) is 22.9. The van der Waals surface area contributed by atoms with Crippen molar-refractivity contribution in [3.05, 3.63) is 47.1 Å². The van der Waals surface area contributed by atoms with Gasteiger partial charge in [0.2, 0.25) is 5.82 Å². The summed E-state index contributed by atoms with van der Waals surface area (Å²) >= 11 is 7.47. The molecule has 4 aromatic rings. The standard InChI is InChI=1S/C22H20ClN5O4S2/c1-27-25-22(24-26-27)13-9-16-19(17(10-13)34(2,31)32)21(33-15-5-3-14(23)4-6-15)20-12(11-18(29)30)7-8-28(16)20/h3-6,9-10,12H,7-8,11H2,1-2H3,(H,29,30). The van der Waals surface area contributed by atoms with Gasteiger partial charge in [-0.3, -0.25) is 4.79 Å². The maximum absolute atomic E-state index is 13.0. The zero-order valence-corrected chi connectivity index (χ0v) is 20.7. The summed E-state index contributed by atoms with van der Waals surface area (Å²) in [6.45, 7) is 0.589. The number of carboxylic acid groups (broad SMARTS) is 1. The molecule has 0 aliphatic carbocycles. The monoisotopic (exact) mass is 517 g/mol. The minimum atomic E-state index is -3.65. The molecule has 1 atom stereocenters. The molecule has 5 rings (SSSR count). The summed E-state index contributed by atoms with van der Waals surface area (Å²) < 4.78 is 28.0. The first-order chi connectivity index (χ1) is 16.1. The minimum Gasteiger partial charge on any atom is -0.481 e. The van der Waals surface area contributed by atoms with E-state index < -0.39 is 15.8 Å². The van der Waals surface area contributed by atoms with Crippen LogP contribution in [0.4, 0.5) is 0 Å². The summed E-state index contributed by atoms with van der Waals surface area (Å²) in [5, 5.41) is 22.8. The molecule has 0 saturated carbocycles. The molecule has 0 bridgehead atoms. The predicted octanol–water partition coefficient (Wildman–Crippen LogP) is 4.00. The highest BCUT2D eigenvalue weighted by atomic mass is 35.5. The third-order valence-corrected chi connectivity index (χ3v) is 8.33. The maximum atomic E-state index is 13.0. The van der Waals surface area contributed by atoms with E-state index in [-0.39, 0.29) is 17.2 Å². The lowest BCUT2D eigenvalue weighted by Gasteiger charge is -2.12. The quantitative estimate of drug-likeness (QED) is 0.407. The molecule has 1 unspecified atom stereocenters. The van der Waals surface area contributed by atoms with Crippen molar-refractivity contribution in [2.24, 2.45) is 7.05 Å². The Morgan fingerprint density at radius 2 is 2.00 bits per heavy atom. The topological polar surface area (TPSA) is 120 Å². The molecule has 2 aromatic carbocycles. The third kappa shape index (κ3) is 4.08. The number of sulfone groups is 1. The Balaban J connectivity index is 1.82. The molecular weight excluding hydrogens is 498 g/mol.